The summed E-state index contributed by atoms with van der Waals surface area (Å²) in [6.45, 7) is 0.367. The molecule has 2 N–H and O–H groups in total. The van der Waals surface area contributed by atoms with E-state index in [0.717, 1.165) is 5.56 Å². The van der Waals surface area contributed by atoms with Crippen LogP contribution in [-0.2, 0) is 11.3 Å². The fourth-order valence-electron chi connectivity index (χ4n) is 1.93. The van der Waals surface area contributed by atoms with Crippen molar-refractivity contribution in [2.24, 2.45) is 0 Å². The third-order valence-electron chi connectivity index (χ3n) is 2.81. The second-order valence-electron chi connectivity index (χ2n) is 4.34. The third kappa shape index (κ3) is 3.97. The van der Waals surface area contributed by atoms with Crippen LogP contribution in [0.2, 0.25) is 10.0 Å². The molecule has 2 aromatic carbocycles. The van der Waals surface area contributed by atoms with Crippen molar-refractivity contribution >= 4 is 29.2 Å². The molecular weight excluding hydrogens is 297 g/mol. The highest BCUT2D eigenvalue weighted by Crippen LogP contribution is 2.20. The van der Waals surface area contributed by atoms with Crippen LogP contribution in [0.15, 0.2) is 48.5 Å². The Morgan fingerprint density at radius 1 is 1.10 bits per heavy atom. The van der Waals surface area contributed by atoms with Gasteiger partial charge in [0.2, 0.25) is 0 Å². The van der Waals surface area contributed by atoms with Gasteiger partial charge in [-0.2, -0.15) is 0 Å². The average molecular weight is 310 g/mol. The lowest BCUT2D eigenvalue weighted by molar-refractivity contribution is -0.139. The van der Waals surface area contributed by atoms with Gasteiger partial charge in [-0.15, -0.1) is 0 Å². The summed E-state index contributed by atoms with van der Waals surface area (Å²) < 4.78 is 0. The van der Waals surface area contributed by atoms with Crippen molar-refractivity contribution in [2.45, 2.75) is 12.6 Å². The number of nitrogens with one attached hydrogen (secondary N) is 1. The summed E-state index contributed by atoms with van der Waals surface area (Å²) in [7, 11) is 0. The van der Waals surface area contributed by atoms with E-state index in [0.29, 0.717) is 22.2 Å². The summed E-state index contributed by atoms with van der Waals surface area (Å²) in [5.74, 6) is -0.927. The SMILES string of the molecule is O=C(O)C(NCc1cc(Cl)cc(Cl)c1)c1ccccc1. The zero-order valence-electron chi connectivity index (χ0n) is 10.5. The maximum atomic E-state index is 11.3. The highest BCUT2D eigenvalue weighted by atomic mass is 35.5. The molecule has 1 atom stereocenters. The van der Waals surface area contributed by atoms with E-state index in [-0.39, 0.29) is 0 Å². The number of carbonyl (C=O) groups is 1. The lowest BCUT2D eigenvalue weighted by Crippen LogP contribution is -2.28. The summed E-state index contributed by atoms with van der Waals surface area (Å²) in [5.41, 5.74) is 1.54. The predicted octanol–water partition coefficient (Wildman–Crippen LogP) is 3.91. The maximum Gasteiger partial charge on any atom is 0.325 e. The lowest BCUT2D eigenvalue weighted by Gasteiger charge is -2.15. The number of halogens is 2. The molecule has 0 aliphatic carbocycles. The molecule has 20 heavy (non-hydrogen) atoms. The second kappa shape index (κ2) is 6.75. The third-order valence-corrected chi connectivity index (χ3v) is 3.25. The van der Waals surface area contributed by atoms with E-state index < -0.39 is 12.0 Å². The Morgan fingerprint density at radius 2 is 1.70 bits per heavy atom. The molecule has 1 unspecified atom stereocenters. The Bertz CT molecular complexity index is 582. The number of benzene rings is 2. The van der Waals surface area contributed by atoms with Crippen molar-refractivity contribution in [3.05, 3.63) is 69.7 Å². The number of aliphatic carboxylic acids is 1. The highest BCUT2D eigenvalue weighted by molar-refractivity contribution is 6.34. The first kappa shape index (κ1) is 14.9. The smallest absolute Gasteiger partial charge is 0.325 e. The van der Waals surface area contributed by atoms with Gasteiger partial charge in [-0.1, -0.05) is 53.5 Å². The minimum atomic E-state index is -0.927. The summed E-state index contributed by atoms with van der Waals surface area (Å²) >= 11 is 11.8. The first-order valence-electron chi connectivity index (χ1n) is 6.02. The quantitative estimate of drug-likeness (QED) is 0.880. The minimum absolute atomic E-state index is 0.367. The van der Waals surface area contributed by atoms with Gasteiger partial charge in [-0.25, -0.2) is 0 Å². The molecule has 0 aromatic heterocycles. The van der Waals surface area contributed by atoms with Crippen LogP contribution in [0.1, 0.15) is 17.2 Å². The van der Waals surface area contributed by atoms with Crippen LogP contribution >= 0.6 is 23.2 Å². The molecule has 0 fully saturated rings. The molecule has 2 rings (SSSR count). The summed E-state index contributed by atoms with van der Waals surface area (Å²) in [5, 5.41) is 13.3. The fraction of sp³-hybridized carbons (Fsp3) is 0.133. The number of carboxylic acid groups (broad SMARTS) is 1. The van der Waals surface area contributed by atoms with Gasteiger partial charge < -0.3 is 5.11 Å². The molecule has 0 heterocycles. The molecule has 104 valence electrons. The number of rotatable bonds is 5. The van der Waals surface area contributed by atoms with E-state index in [1.165, 1.54) is 0 Å². The first-order valence-corrected chi connectivity index (χ1v) is 6.78. The molecule has 2 aromatic rings. The lowest BCUT2D eigenvalue weighted by atomic mass is 10.1. The number of hydrogen-bond acceptors (Lipinski definition) is 2. The van der Waals surface area contributed by atoms with Crippen LogP contribution in [0.4, 0.5) is 0 Å². The molecule has 0 saturated heterocycles. The summed E-state index contributed by atoms with van der Waals surface area (Å²) in [6.07, 6.45) is 0. The summed E-state index contributed by atoms with van der Waals surface area (Å²) in [4.78, 5) is 11.3. The van der Waals surface area contributed by atoms with Gasteiger partial charge in [0.15, 0.2) is 0 Å². The molecule has 0 aliphatic rings. The van der Waals surface area contributed by atoms with Crippen molar-refractivity contribution in [1.29, 1.82) is 0 Å². The largest absolute Gasteiger partial charge is 0.480 e. The Labute approximate surface area is 127 Å². The van der Waals surface area contributed by atoms with E-state index in [1.54, 1.807) is 30.3 Å². The van der Waals surface area contributed by atoms with Gasteiger partial charge in [0.25, 0.3) is 0 Å². The van der Waals surface area contributed by atoms with Crippen LogP contribution in [0.5, 0.6) is 0 Å². The van der Waals surface area contributed by atoms with E-state index in [1.807, 2.05) is 18.2 Å². The van der Waals surface area contributed by atoms with Gasteiger partial charge in [0.1, 0.15) is 6.04 Å². The van der Waals surface area contributed by atoms with Gasteiger partial charge >= 0.3 is 5.97 Å². The average Bonchev–Trinajstić information content (AvgIpc) is 2.38. The fourth-order valence-corrected chi connectivity index (χ4v) is 2.50. The zero-order chi connectivity index (χ0) is 14.5. The van der Waals surface area contributed by atoms with Crippen LogP contribution in [0.3, 0.4) is 0 Å². The van der Waals surface area contributed by atoms with Crippen molar-refractivity contribution in [2.75, 3.05) is 0 Å². The molecule has 0 aliphatic heterocycles. The van der Waals surface area contributed by atoms with E-state index in [9.17, 15) is 9.90 Å². The number of carboxylic acids is 1. The van der Waals surface area contributed by atoms with Gasteiger partial charge in [0, 0.05) is 16.6 Å². The maximum absolute atomic E-state index is 11.3. The Kier molecular flexibility index (Phi) is 5.01. The zero-order valence-corrected chi connectivity index (χ0v) is 12.0. The predicted molar refractivity (Wildman–Crippen MR) is 80.1 cm³/mol. The molecule has 5 heteroatoms. The van der Waals surface area contributed by atoms with Crippen LogP contribution in [-0.4, -0.2) is 11.1 Å². The molecule has 0 saturated carbocycles. The van der Waals surface area contributed by atoms with E-state index >= 15 is 0 Å². The van der Waals surface area contributed by atoms with Crippen molar-refractivity contribution < 1.29 is 9.90 Å². The molecule has 0 radical (unpaired) electrons. The van der Waals surface area contributed by atoms with Crippen molar-refractivity contribution in [3.63, 3.8) is 0 Å². The monoisotopic (exact) mass is 309 g/mol. The topological polar surface area (TPSA) is 49.3 Å². The van der Waals surface area contributed by atoms with E-state index in [4.69, 9.17) is 23.2 Å². The molecule has 0 spiro atoms. The Balaban J connectivity index is 2.12. The summed E-state index contributed by atoms with van der Waals surface area (Å²) in [6, 6.07) is 13.4. The Morgan fingerprint density at radius 3 is 2.25 bits per heavy atom. The van der Waals surface area contributed by atoms with E-state index in [2.05, 4.69) is 5.32 Å². The Hall–Kier alpha value is -1.55. The van der Waals surface area contributed by atoms with Gasteiger partial charge in [-0.3, -0.25) is 10.1 Å². The molecular formula is C15H13Cl2NO2. The molecule has 3 nitrogen and oxygen atoms in total. The second-order valence-corrected chi connectivity index (χ2v) is 5.21. The molecule has 0 bridgehead atoms. The number of hydrogen-bond donors (Lipinski definition) is 2. The first-order chi connectivity index (χ1) is 9.56. The van der Waals surface area contributed by atoms with Gasteiger partial charge in [0.05, 0.1) is 0 Å². The van der Waals surface area contributed by atoms with Crippen LogP contribution in [0.25, 0.3) is 0 Å². The normalized spacial score (nSPS) is 12.1. The van der Waals surface area contributed by atoms with Crippen molar-refractivity contribution in [3.8, 4) is 0 Å². The van der Waals surface area contributed by atoms with Gasteiger partial charge in [-0.05, 0) is 29.3 Å². The van der Waals surface area contributed by atoms with Crippen LogP contribution in [0, 0.1) is 0 Å². The van der Waals surface area contributed by atoms with Crippen molar-refractivity contribution in [1.82, 2.24) is 5.32 Å². The minimum Gasteiger partial charge on any atom is -0.480 e. The van der Waals surface area contributed by atoms with Crippen LogP contribution < -0.4 is 5.32 Å². The standard InChI is InChI=1S/C15H13Cl2NO2/c16-12-6-10(7-13(17)8-12)9-18-14(15(19)20)11-4-2-1-3-5-11/h1-8,14,18H,9H2,(H,19,20). The molecule has 0 amide bonds. The highest BCUT2D eigenvalue weighted by Gasteiger charge is 2.18.